The van der Waals surface area contributed by atoms with Gasteiger partial charge in [-0.3, -0.25) is 14.2 Å². The van der Waals surface area contributed by atoms with E-state index in [1.165, 1.54) is 11.3 Å². The smallest absolute Gasteiger partial charge is 0.271 e. The number of para-hydroxylation sites is 1. The minimum Gasteiger partial charge on any atom is -0.497 e. The van der Waals surface area contributed by atoms with Crippen LogP contribution in [-0.2, 0) is 4.79 Å². The summed E-state index contributed by atoms with van der Waals surface area (Å²) in [6.45, 7) is 3.73. The molecule has 0 fully saturated rings. The van der Waals surface area contributed by atoms with E-state index in [0.29, 0.717) is 31.3 Å². The number of hydrogen-bond donors (Lipinski definition) is 1. The van der Waals surface area contributed by atoms with E-state index in [0.717, 1.165) is 22.4 Å². The van der Waals surface area contributed by atoms with Gasteiger partial charge in [-0.2, -0.15) is 0 Å². The molecule has 1 N–H and O–H groups in total. The van der Waals surface area contributed by atoms with Crippen molar-refractivity contribution in [2.45, 2.75) is 19.9 Å². The molecule has 0 spiro atoms. The summed E-state index contributed by atoms with van der Waals surface area (Å²) in [5.41, 5.74) is 4.04. The highest BCUT2D eigenvalue weighted by Gasteiger charge is 2.32. The topological polar surface area (TPSA) is 72.7 Å². The monoisotopic (exact) mass is 529 g/mol. The second-order valence-corrected chi connectivity index (χ2v) is 10.1. The number of methoxy groups -OCH3 is 1. The van der Waals surface area contributed by atoms with Gasteiger partial charge in [0.25, 0.3) is 11.5 Å². The standard InChI is InChI=1S/C29H24ClN3O3S/c1-17-6-4-5-7-23(17)32-27(34)25-18(2)31-29-33(26(25)20-10-12-21(30)13-11-20)28(35)24(37-29)16-19-8-14-22(36-3)15-9-19/h4-16,26H,1-3H3,(H,32,34). The van der Waals surface area contributed by atoms with Crippen molar-refractivity contribution in [3.05, 3.63) is 125 Å². The van der Waals surface area contributed by atoms with E-state index in [4.69, 9.17) is 21.3 Å². The number of aryl methyl sites for hydroxylation is 1. The molecule has 2 heterocycles. The summed E-state index contributed by atoms with van der Waals surface area (Å²) < 4.78 is 7.36. The third-order valence-corrected chi connectivity index (χ3v) is 7.49. The quantitative estimate of drug-likeness (QED) is 0.402. The van der Waals surface area contributed by atoms with Gasteiger partial charge in [-0.15, -0.1) is 0 Å². The molecule has 1 atom stereocenters. The van der Waals surface area contributed by atoms with Crippen LogP contribution >= 0.6 is 22.9 Å². The maximum atomic E-state index is 13.8. The molecular formula is C29H24ClN3O3S. The van der Waals surface area contributed by atoms with Crippen LogP contribution in [0.2, 0.25) is 5.02 Å². The Morgan fingerprint density at radius 1 is 1.05 bits per heavy atom. The maximum absolute atomic E-state index is 13.8. The first-order chi connectivity index (χ1) is 17.9. The van der Waals surface area contributed by atoms with Crippen molar-refractivity contribution in [1.29, 1.82) is 0 Å². The van der Waals surface area contributed by atoms with E-state index in [1.807, 2.05) is 73.7 Å². The predicted molar refractivity (Wildman–Crippen MR) is 148 cm³/mol. The third kappa shape index (κ3) is 4.88. The van der Waals surface area contributed by atoms with Crippen molar-refractivity contribution in [3.8, 4) is 5.75 Å². The van der Waals surface area contributed by atoms with Gasteiger partial charge in [0.05, 0.1) is 29.0 Å². The van der Waals surface area contributed by atoms with Gasteiger partial charge in [-0.1, -0.05) is 65.4 Å². The molecule has 0 saturated carbocycles. The average molecular weight is 530 g/mol. The van der Waals surface area contributed by atoms with Gasteiger partial charge >= 0.3 is 0 Å². The van der Waals surface area contributed by atoms with E-state index < -0.39 is 6.04 Å². The van der Waals surface area contributed by atoms with Crippen molar-refractivity contribution in [2.24, 2.45) is 4.99 Å². The Bertz CT molecular complexity index is 1700. The molecular weight excluding hydrogens is 506 g/mol. The highest BCUT2D eigenvalue weighted by molar-refractivity contribution is 7.07. The number of halogens is 1. The number of nitrogens with zero attached hydrogens (tertiary/aromatic N) is 2. The molecule has 37 heavy (non-hydrogen) atoms. The number of rotatable bonds is 5. The van der Waals surface area contributed by atoms with Crippen LogP contribution in [0.15, 0.2) is 93.9 Å². The zero-order chi connectivity index (χ0) is 26.1. The Labute approximate surface area is 222 Å². The molecule has 1 aliphatic rings. The zero-order valence-corrected chi connectivity index (χ0v) is 22.1. The molecule has 1 amide bonds. The number of aromatic nitrogens is 1. The van der Waals surface area contributed by atoms with Crippen LogP contribution in [0.3, 0.4) is 0 Å². The summed E-state index contributed by atoms with van der Waals surface area (Å²) in [6.07, 6.45) is 1.83. The van der Waals surface area contributed by atoms with Crippen LogP contribution in [0.4, 0.5) is 5.69 Å². The second kappa shape index (κ2) is 10.2. The lowest BCUT2D eigenvalue weighted by molar-refractivity contribution is -0.113. The van der Waals surface area contributed by atoms with Crippen LogP contribution in [-0.4, -0.2) is 17.6 Å². The number of anilines is 1. The third-order valence-electron chi connectivity index (χ3n) is 6.26. The predicted octanol–water partition coefficient (Wildman–Crippen LogP) is 4.84. The van der Waals surface area contributed by atoms with Gasteiger partial charge in [0, 0.05) is 10.7 Å². The van der Waals surface area contributed by atoms with E-state index in [1.54, 1.807) is 30.7 Å². The Hall–Kier alpha value is -3.94. The van der Waals surface area contributed by atoms with Crippen LogP contribution < -0.4 is 24.9 Å². The molecule has 1 aliphatic heterocycles. The molecule has 5 rings (SSSR count). The Kier molecular flexibility index (Phi) is 6.82. The summed E-state index contributed by atoms with van der Waals surface area (Å²) in [5.74, 6) is 0.432. The lowest BCUT2D eigenvalue weighted by atomic mass is 9.95. The van der Waals surface area contributed by atoms with Crippen LogP contribution in [0.25, 0.3) is 6.08 Å². The largest absolute Gasteiger partial charge is 0.497 e. The number of carbonyl (C=O) groups is 1. The maximum Gasteiger partial charge on any atom is 0.271 e. The number of ether oxygens (including phenoxy) is 1. The van der Waals surface area contributed by atoms with E-state index in [2.05, 4.69) is 5.32 Å². The molecule has 0 aliphatic carbocycles. The number of hydrogen-bond acceptors (Lipinski definition) is 5. The zero-order valence-electron chi connectivity index (χ0n) is 20.5. The molecule has 0 bridgehead atoms. The summed E-state index contributed by atoms with van der Waals surface area (Å²) in [6, 6.07) is 21.6. The van der Waals surface area contributed by atoms with E-state index in [-0.39, 0.29) is 11.5 Å². The lowest BCUT2D eigenvalue weighted by Crippen LogP contribution is -2.40. The first-order valence-corrected chi connectivity index (χ1v) is 12.8. The van der Waals surface area contributed by atoms with Gasteiger partial charge in [0.2, 0.25) is 0 Å². The van der Waals surface area contributed by atoms with Gasteiger partial charge in [-0.25, -0.2) is 4.99 Å². The number of benzene rings is 3. The van der Waals surface area contributed by atoms with Crippen molar-refractivity contribution >= 4 is 40.6 Å². The fourth-order valence-corrected chi connectivity index (χ4v) is 5.50. The molecule has 1 unspecified atom stereocenters. The van der Waals surface area contributed by atoms with Gasteiger partial charge in [0.1, 0.15) is 5.75 Å². The lowest BCUT2D eigenvalue weighted by Gasteiger charge is -2.25. The van der Waals surface area contributed by atoms with E-state index >= 15 is 0 Å². The summed E-state index contributed by atoms with van der Waals surface area (Å²) in [5, 5.41) is 3.59. The Morgan fingerprint density at radius 2 is 1.76 bits per heavy atom. The molecule has 6 nitrogen and oxygen atoms in total. The number of carbonyl (C=O) groups excluding carboxylic acids is 1. The van der Waals surface area contributed by atoms with Crippen molar-refractivity contribution < 1.29 is 9.53 Å². The SMILES string of the molecule is COc1ccc(C=c2sc3n(c2=O)C(c2ccc(Cl)cc2)C(C(=O)Nc2ccccc2C)=C(C)N=3)cc1. The first kappa shape index (κ1) is 24.7. The van der Waals surface area contributed by atoms with E-state index in [9.17, 15) is 9.59 Å². The molecule has 186 valence electrons. The van der Waals surface area contributed by atoms with Gasteiger partial charge < -0.3 is 10.1 Å². The van der Waals surface area contributed by atoms with Crippen LogP contribution in [0, 0.1) is 6.92 Å². The first-order valence-electron chi connectivity index (χ1n) is 11.6. The number of fused-ring (bicyclic) bond motifs is 1. The van der Waals surface area contributed by atoms with Crippen LogP contribution in [0.5, 0.6) is 5.75 Å². The number of thiazole rings is 1. The average Bonchev–Trinajstić information content (AvgIpc) is 3.19. The Morgan fingerprint density at radius 3 is 2.43 bits per heavy atom. The number of nitrogens with one attached hydrogen (secondary N) is 1. The van der Waals surface area contributed by atoms with Crippen molar-refractivity contribution in [1.82, 2.24) is 4.57 Å². The van der Waals surface area contributed by atoms with Crippen molar-refractivity contribution in [2.75, 3.05) is 12.4 Å². The minimum absolute atomic E-state index is 0.215. The summed E-state index contributed by atoms with van der Waals surface area (Å²) in [7, 11) is 1.61. The highest BCUT2D eigenvalue weighted by Crippen LogP contribution is 2.31. The summed E-state index contributed by atoms with van der Waals surface area (Å²) in [4.78, 5) is 32.7. The fourth-order valence-electron chi connectivity index (χ4n) is 4.33. The molecule has 4 aromatic rings. The van der Waals surface area contributed by atoms with Crippen LogP contribution in [0.1, 0.15) is 29.7 Å². The van der Waals surface area contributed by atoms with Gasteiger partial charge in [0.15, 0.2) is 4.80 Å². The molecule has 3 aromatic carbocycles. The number of amides is 1. The van der Waals surface area contributed by atoms with Crippen molar-refractivity contribution in [3.63, 3.8) is 0 Å². The normalized spacial score (nSPS) is 15.2. The summed E-state index contributed by atoms with van der Waals surface area (Å²) >= 11 is 7.46. The second-order valence-electron chi connectivity index (χ2n) is 8.68. The Balaban J connectivity index is 1.65. The minimum atomic E-state index is -0.657. The highest BCUT2D eigenvalue weighted by atomic mass is 35.5. The molecule has 0 radical (unpaired) electrons. The number of allylic oxidation sites excluding steroid dienone is 1. The van der Waals surface area contributed by atoms with Gasteiger partial charge in [-0.05, 0) is 66.9 Å². The fraction of sp³-hybridized carbons (Fsp3) is 0.138. The molecule has 8 heteroatoms. The molecule has 1 aromatic heterocycles. The molecule has 0 saturated heterocycles.